The van der Waals surface area contributed by atoms with Crippen molar-refractivity contribution in [2.75, 3.05) is 5.73 Å². The molecular formula is C25H18FN7O. The first-order valence-electron chi connectivity index (χ1n) is 10.5. The number of fused-ring (bicyclic) bond motifs is 2. The van der Waals surface area contributed by atoms with Gasteiger partial charge in [0.15, 0.2) is 0 Å². The lowest BCUT2D eigenvalue weighted by atomic mass is 10.1. The first-order chi connectivity index (χ1) is 16.5. The van der Waals surface area contributed by atoms with Crippen molar-refractivity contribution in [1.29, 1.82) is 0 Å². The summed E-state index contributed by atoms with van der Waals surface area (Å²) in [6.07, 6.45) is 4.22. The van der Waals surface area contributed by atoms with Gasteiger partial charge >= 0.3 is 0 Å². The van der Waals surface area contributed by atoms with E-state index < -0.39 is 5.82 Å². The number of H-pyrrole nitrogens is 2. The molecule has 0 radical (unpaired) electrons. The summed E-state index contributed by atoms with van der Waals surface area (Å²) in [7, 11) is 0. The molecule has 4 aromatic heterocycles. The second-order valence-electron chi connectivity index (χ2n) is 8.08. The molecule has 0 fully saturated rings. The molecule has 2 aromatic carbocycles. The maximum Gasteiger partial charge on any atom is 0.214 e. The summed E-state index contributed by atoms with van der Waals surface area (Å²) in [6, 6.07) is 14.4. The highest BCUT2D eigenvalue weighted by Gasteiger charge is 2.20. The summed E-state index contributed by atoms with van der Waals surface area (Å²) in [5, 5.41) is 5.19. The number of nitrogen functional groups attached to an aromatic ring is 1. The van der Waals surface area contributed by atoms with Crippen LogP contribution < -0.4 is 5.73 Å². The van der Waals surface area contributed by atoms with Gasteiger partial charge in [-0.15, -0.1) is 0 Å². The van der Waals surface area contributed by atoms with Crippen LogP contribution in [-0.4, -0.2) is 35.5 Å². The Morgan fingerprint density at radius 1 is 0.971 bits per heavy atom. The number of carbonyl (C=O) groups is 1. The molecule has 4 heterocycles. The minimum Gasteiger partial charge on any atom is -0.383 e. The third-order valence-corrected chi connectivity index (χ3v) is 5.78. The lowest BCUT2D eigenvalue weighted by Gasteiger charge is -2.05. The zero-order chi connectivity index (χ0) is 23.4. The lowest BCUT2D eigenvalue weighted by Crippen LogP contribution is -2.07. The first kappa shape index (κ1) is 19.9. The lowest BCUT2D eigenvalue weighted by molar-refractivity contribution is 0.103. The van der Waals surface area contributed by atoms with Gasteiger partial charge < -0.3 is 15.7 Å². The molecule has 0 bridgehead atoms. The maximum atomic E-state index is 13.6. The number of nitrogens with two attached hydrogens (primary N) is 1. The molecule has 166 valence electrons. The van der Waals surface area contributed by atoms with Crippen LogP contribution in [0.15, 0.2) is 67.1 Å². The third-order valence-electron chi connectivity index (χ3n) is 5.78. The summed E-state index contributed by atoms with van der Waals surface area (Å²) in [4.78, 5) is 27.9. The van der Waals surface area contributed by atoms with E-state index in [1.165, 1.54) is 16.9 Å². The molecule has 0 unspecified atom stereocenters. The van der Waals surface area contributed by atoms with Gasteiger partial charge in [-0.05, 0) is 48.9 Å². The Kier molecular flexibility index (Phi) is 4.31. The van der Waals surface area contributed by atoms with Gasteiger partial charge in [-0.25, -0.2) is 14.1 Å². The zero-order valence-corrected chi connectivity index (χ0v) is 18.0. The van der Waals surface area contributed by atoms with E-state index in [0.717, 1.165) is 45.2 Å². The number of halogens is 1. The number of rotatable bonds is 4. The summed E-state index contributed by atoms with van der Waals surface area (Å²) in [5.41, 5.74) is 11.6. The van der Waals surface area contributed by atoms with E-state index in [-0.39, 0.29) is 11.6 Å². The molecule has 0 spiro atoms. The van der Waals surface area contributed by atoms with E-state index in [1.54, 1.807) is 12.3 Å². The topological polar surface area (TPSA) is 118 Å². The van der Waals surface area contributed by atoms with Crippen LogP contribution in [0.3, 0.4) is 0 Å². The minimum absolute atomic E-state index is 0.241. The van der Waals surface area contributed by atoms with E-state index in [4.69, 9.17) is 5.73 Å². The monoisotopic (exact) mass is 451 g/mol. The van der Waals surface area contributed by atoms with Crippen molar-refractivity contribution in [2.24, 2.45) is 0 Å². The quantitative estimate of drug-likeness (QED) is 0.340. The van der Waals surface area contributed by atoms with Crippen molar-refractivity contribution in [3.8, 4) is 16.8 Å². The number of nitrogens with zero attached hydrogens (tertiary/aromatic N) is 4. The van der Waals surface area contributed by atoms with Crippen molar-refractivity contribution < 1.29 is 9.18 Å². The number of ketones is 1. The number of aromatic amines is 2. The largest absolute Gasteiger partial charge is 0.383 e. The Morgan fingerprint density at radius 2 is 1.85 bits per heavy atom. The first-order valence-corrected chi connectivity index (χ1v) is 10.5. The molecule has 6 rings (SSSR count). The van der Waals surface area contributed by atoms with Crippen LogP contribution in [0.4, 0.5) is 10.2 Å². The molecule has 0 aliphatic carbocycles. The average Bonchev–Trinajstić information content (AvgIpc) is 3.53. The predicted molar refractivity (Wildman–Crippen MR) is 127 cm³/mol. The summed E-state index contributed by atoms with van der Waals surface area (Å²) < 4.78 is 15.1. The minimum atomic E-state index is -0.408. The summed E-state index contributed by atoms with van der Waals surface area (Å²) in [6.45, 7) is 1.89. The fourth-order valence-corrected chi connectivity index (χ4v) is 4.14. The molecule has 4 N–H and O–H groups in total. The van der Waals surface area contributed by atoms with Crippen LogP contribution in [0.2, 0.25) is 0 Å². The highest BCUT2D eigenvalue weighted by atomic mass is 19.1. The second-order valence-corrected chi connectivity index (χ2v) is 8.08. The Labute approximate surface area is 192 Å². The Bertz CT molecular complexity index is 1730. The molecule has 6 aromatic rings. The van der Waals surface area contributed by atoms with E-state index >= 15 is 0 Å². The van der Waals surface area contributed by atoms with Crippen molar-refractivity contribution in [1.82, 2.24) is 29.7 Å². The summed E-state index contributed by atoms with van der Waals surface area (Å²) >= 11 is 0. The van der Waals surface area contributed by atoms with E-state index in [9.17, 15) is 9.18 Å². The molecule has 0 saturated carbocycles. The molecule has 0 atom stereocenters. The highest BCUT2D eigenvalue weighted by Crippen LogP contribution is 2.27. The fourth-order valence-electron chi connectivity index (χ4n) is 4.14. The number of pyridine rings is 1. The molecule has 0 amide bonds. The molecule has 34 heavy (non-hydrogen) atoms. The van der Waals surface area contributed by atoms with Crippen LogP contribution in [0.1, 0.15) is 21.9 Å². The van der Waals surface area contributed by atoms with Gasteiger partial charge in [0.05, 0.1) is 40.4 Å². The molecule has 8 nitrogen and oxygen atoms in total. The molecular weight excluding hydrogens is 433 g/mol. The van der Waals surface area contributed by atoms with Gasteiger partial charge in [-0.2, -0.15) is 5.10 Å². The van der Waals surface area contributed by atoms with Crippen molar-refractivity contribution in [3.63, 3.8) is 0 Å². The number of aromatic nitrogens is 6. The van der Waals surface area contributed by atoms with Gasteiger partial charge in [0.1, 0.15) is 17.5 Å². The number of nitrogens with one attached hydrogen (secondary N) is 2. The van der Waals surface area contributed by atoms with Crippen LogP contribution in [0.25, 0.3) is 38.8 Å². The van der Waals surface area contributed by atoms with Crippen molar-refractivity contribution in [2.45, 2.75) is 6.92 Å². The van der Waals surface area contributed by atoms with Crippen molar-refractivity contribution >= 4 is 33.5 Å². The number of imidazole rings is 1. The number of benzene rings is 2. The third kappa shape index (κ3) is 3.22. The highest BCUT2D eigenvalue weighted by molar-refractivity contribution is 6.12. The van der Waals surface area contributed by atoms with Gasteiger partial charge in [0.25, 0.3) is 0 Å². The molecule has 0 aliphatic heterocycles. The number of hydrogen-bond acceptors (Lipinski definition) is 5. The number of carbonyl (C=O) groups excluding carboxylic acids is 1. The van der Waals surface area contributed by atoms with Crippen LogP contribution in [0.5, 0.6) is 0 Å². The zero-order valence-electron chi connectivity index (χ0n) is 18.0. The standard InChI is InChI=1S/C25H18FN7O/c1-13-30-20-5-4-18(9-22(20)31-13)33-25(27)19(12-29-33)24(34)23-8-15-3-2-14(7-21(15)32-23)16-6-17(26)11-28-10-16/h2-12,32H,27H2,1H3,(H,30,31). The second kappa shape index (κ2) is 7.38. The Morgan fingerprint density at radius 3 is 2.71 bits per heavy atom. The van der Waals surface area contributed by atoms with E-state index in [0.29, 0.717) is 16.8 Å². The van der Waals surface area contributed by atoms with Gasteiger partial charge in [0.2, 0.25) is 5.78 Å². The van der Waals surface area contributed by atoms with Crippen LogP contribution >= 0.6 is 0 Å². The maximum absolute atomic E-state index is 13.6. The molecule has 9 heteroatoms. The summed E-state index contributed by atoms with van der Waals surface area (Å²) in [5.74, 6) is 0.375. The van der Waals surface area contributed by atoms with Gasteiger partial charge in [-0.1, -0.05) is 12.1 Å². The van der Waals surface area contributed by atoms with Gasteiger partial charge in [-0.3, -0.25) is 9.78 Å². The smallest absolute Gasteiger partial charge is 0.214 e. The number of anilines is 1. The predicted octanol–water partition coefficient (Wildman–Crippen LogP) is 4.55. The fraction of sp³-hybridized carbons (Fsp3) is 0.0400. The van der Waals surface area contributed by atoms with Crippen LogP contribution in [0, 0.1) is 12.7 Å². The normalized spacial score (nSPS) is 11.5. The van der Waals surface area contributed by atoms with Gasteiger partial charge in [0, 0.05) is 22.7 Å². The van der Waals surface area contributed by atoms with E-state index in [1.807, 2.05) is 43.3 Å². The SMILES string of the molecule is Cc1nc2ccc(-n3ncc(C(=O)c4cc5ccc(-c6cncc(F)c6)cc5[nH]4)c3N)cc2[nH]1. The molecule has 0 saturated heterocycles. The van der Waals surface area contributed by atoms with E-state index in [2.05, 4.69) is 25.0 Å². The molecule has 0 aliphatic rings. The Hall–Kier alpha value is -4.79. The van der Waals surface area contributed by atoms with Crippen LogP contribution in [-0.2, 0) is 0 Å². The number of hydrogen-bond donors (Lipinski definition) is 3. The average molecular weight is 451 g/mol. The van der Waals surface area contributed by atoms with Crippen molar-refractivity contribution in [3.05, 3.63) is 90.0 Å². The Balaban J connectivity index is 1.35. The number of aryl methyl sites for hydroxylation is 1.